The fourth-order valence-corrected chi connectivity index (χ4v) is 2.44. The normalized spacial score (nSPS) is 22.1. The van der Waals surface area contributed by atoms with E-state index in [0.717, 1.165) is 13.0 Å². The van der Waals surface area contributed by atoms with Gasteiger partial charge in [0.2, 0.25) is 0 Å². The molecule has 1 aromatic rings. The molecule has 0 radical (unpaired) electrons. The van der Waals surface area contributed by atoms with E-state index in [1.54, 1.807) is 11.8 Å². The monoisotopic (exact) mass is 226 g/mol. The van der Waals surface area contributed by atoms with Crippen LogP contribution in [0.4, 0.5) is 0 Å². The Morgan fingerprint density at radius 1 is 1.50 bits per heavy atom. The van der Waals surface area contributed by atoms with Crippen LogP contribution in [0.1, 0.15) is 13.3 Å². The fraction of sp³-hybridized carbons (Fsp3) is 0.308. The minimum atomic E-state index is 0. The van der Waals surface area contributed by atoms with Crippen molar-refractivity contribution in [3.63, 3.8) is 0 Å². The van der Waals surface area contributed by atoms with Crippen molar-refractivity contribution in [3.8, 4) is 0 Å². The van der Waals surface area contributed by atoms with Crippen LogP contribution in [-0.4, -0.2) is 12.2 Å². The summed E-state index contributed by atoms with van der Waals surface area (Å²) in [5.74, 6) is 0. The SMILES string of the molecule is C=C[C-](CC1(C)CO1)Sc1ccccc1.[Li+]. The first kappa shape index (κ1) is 13.8. The van der Waals surface area contributed by atoms with Crippen molar-refractivity contribution in [2.75, 3.05) is 6.61 Å². The van der Waals surface area contributed by atoms with Crippen molar-refractivity contribution >= 4 is 11.8 Å². The van der Waals surface area contributed by atoms with E-state index in [4.69, 9.17) is 4.74 Å². The molecule has 80 valence electrons. The predicted molar refractivity (Wildman–Crippen MR) is 64.7 cm³/mol. The van der Waals surface area contributed by atoms with Gasteiger partial charge in [0, 0.05) is 0 Å². The molecule has 3 heteroatoms. The molecule has 0 N–H and O–H groups in total. The smallest absolute Gasteiger partial charge is 0.371 e. The molecule has 1 aliphatic heterocycles. The van der Waals surface area contributed by atoms with Crippen LogP contribution in [-0.2, 0) is 4.74 Å². The maximum Gasteiger partial charge on any atom is 1.00 e. The molecule has 1 heterocycles. The van der Waals surface area contributed by atoms with Crippen LogP contribution in [0.2, 0.25) is 0 Å². The summed E-state index contributed by atoms with van der Waals surface area (Å²) in [6, 6.07) is 10.4. The van der Waals surface area contributed by atoms with E-state index < -0.39 is 0 Å². The van der Waals surface area contributed by atoms with Crippen LogP contribution in [0.15, 0.2) is 47.9 Å². The van der Waals surface area contributed by atoms with Crippen molar-refractivity contribution in [2.24, 2.45) is 0 Å². The largest absolute Gasteiger partial charge is 1.00 e. The number of epoxide rings is 1. The van der Waals surface area contributed by atoms with Crippen molar-refractivity contribution in [3.05, 3.63) is 48.2 Å². The summed E-state index contributed by atoms with van der Waals surface area (Å²) in [6.07, 6.45) is 2.90. The van der Waals surface area contributed by atoms with Gasteiger partial charge < -0.3 is 4.74 Å². The molecule has 1 unspecified atom stereocenters. The number of rotatable bonds is 5. The van der Waals surface area contributed by atoms with Gasteiger partial charge in [-0.25, -0.2) is 12.7 Å². The van der Waals surface area contributed by atoms with Gasteiger partial charge in [0.25, 0.3) is 0 Å². The maximum atomic E-state index is 5.38. The van der Waals surface area contributed by atoms with E-state index in [2.05, 4.69) is 37.8 Å². The standard InChI is InChI=1S/C13H15OS.Li/c1-3-11(9-13(2)10-14-13)15-12-7-5-4-6-8-12;/h3-8H,1,9-10H2,2H3;/q-1;+1. The summed E-state index contributed by atoms with van der Waals surface area (Å²) in [5.41, 5.74) is 0.0747. The van der Waals surface area contributed by atoms with Crippen molar-refractivity contribution in [1.82, 2.24) is 0 Å². The van der Waals surface area contributed by atoms with Crippen molar-refractivity contribution in [2.45, 2.75) is 23.8 Å². The van der Waals surface area contributed by atoms with Gasteiger partial charge in [-0.05, 0) is 24.0 Å². The summed E-state index contributed by atoms with van der Waals surface area (Å²) in [6.45, 7) is 6.87. The molecule has 0 aliphatic carbocycles. The van der Waals surface area contributed by atoms with Gasteiger partial charge >= 0.3 is 18.9 Å². The number of hydrogen-bond acceptors (Lipinski definition) is 2. The van der Waals surface area contributed by atoms with Gasteiger partial charge in [-0.1, -0.05) is 24.6 Å². The van der Waals surface area contributed by atoms with Gasteiger partial charge in [0.1, 0.15) is 0 Å². The fourth-order valence-electron chi connectivity index (χ4n) is 1.38. The van der Waals surface area contributed by atoms with E-state index in [-0.39, 0.29) is 24.5 Å². The maximum absolute atomic E-state index is 5.38. The zero-order valence-electron chi connectivity index (χ0n) is 9.90. The van der Waals surface area contributed by atoms with E-state index in [0.29, 0.717) is 0 Å². The van der Waals surface area contributed by atoms with Gasteiger partial charge in [-0.15, -0.1) is 0 Å². The quantitative estimate of drug-likeness (QED) is 0.317. The van der Waals surface area contributed by atoms with Crippen LogP contribution < -0.4 is 18.9 Å². The predicted octanol–water partition coefficient (Wildman–Crippen LogP) is 0.680. The number of thioether (sulfide) groups is 1. The topological polar surface area (TPSA) is 12.5 Å². The second kappa shape index (κ2) is 5.89. The Morgan fingerprint density at radius 3 is 2.62 bits per heavy atom. The molecule has 0 saturated carbocycles. The van der Waals surface area contributed by atoms with Crippen LogP contribution >= 0.6 is 11.8 Å². The van der Waals surface area contributed by atoms with E-state index in [1.165, 1.54) is 10.1 Å². The Balaban J connectivity index is 0.00000128. The second-order valence-electron chi connectivity index (χ2n) is 4.00. The molecule has 2 rings (SSSR count). The third-order valence-electron chi connectivity index (χ3n) is 2.41. The molecular formula is C13H15LiOS. The Hall–Kier alpha value is -0.263. The summed E-state index contributed by atoms with van der Waals surface area (Å²) in [5, 5.41) is 1.28. The molecule has 1 aromatic carbocycles. The Morgan fingerprint density at radius 2 is 2.12 bits per heavy atom. The first-order chi connectivity index (χ1) is 7.22. The molecule has 1 atom stereocenters. The zero-order chi connectivity index (χ0) is 10.7. The van der Waals surface area contributed by atoms with Crippen LogP contribution in [0, 0.1) is 5.25 Å². The number of benzene rings is 1. The minimum absolute atomic E-state index is 0. The molecular weight excluding hydrogens is 211 g/mol. The average molecular weight is 226 g/mol. The number of ether oxygens (including phenoxy) is 1. The summed E-state index contributed by atoms with van der Waals surface area (Å²) >= 11 is 1.77. The third-order valence-corrected chi connectivity index (χ3v) is 3.49. The van der Waals surface area contributed by atoms with Gasteiger partial charge in [0.15, 0.2) is 0 Å². The molecule has 1 aliphatic rings. The van der Waals surface area contributed by atoms with Crippen LogP contribution in [0.5, 0.6) is 0 Å². The Labute approximate surface area is 114 Å². The molecule has 0 spiro atoms. The summed E-state index contributed by atoms with van der Waals surface area (Å²) in [7, 11) is 0. The van der Waals surface area contributed by atoms with Gasteiger partial charge in [-0.2, -0.15) is 17.0 Å². The first-order valence-electron chi connectivity index (χ1n) is 5.07. The third kappa shape index (κ3) is 3.96. The van der Waals surface area contributed by atoms with Crippen LogP contribution in [0.3, 0.4) is 0 Å². The minimum Gasteiger partial charge on any atom is -0.371 e. The van der Waals surface area contributed by atoms with E-state index >= 15 is 0 Å². The van der Waals surface area contributed by atoms with Crippen molar-refractivity contribution < 1.29 is 23.6 Å². The molecule has 0 bridgehead atoms. The molecule has 0 aromatic heterocycles. The van der Waals surface area contributed by atoms with E-state index in [1.807, 2.05) is 12.1 Å². The van der Waals surface area contributed by atoms with Crippen LogP contribution in [0.25, 0.3) is 0 Å². The molecule has 1 fully saturated rings. The Bertz CT molecular complexity index is 335. The zero-order valence-corrected chi connectivity index (χ0v) is 10.7. The molecule has 16 heavy (non-hydrogen) atoms. The first-order valence-corrected chi connectivity index (χ1v) is 5.89. The van der Waals surface area contributed by atoms with E-state index in [9.17, 15) is 0 Å². The van der Waals surface area contributed by atoms with Gasteiger partial charge in [-0.3, -0.25) is 0 Å². The summed E-state index contributed by atoms with van der Waals surface area (Å²) < 4.78 is 5.38. The second-order valence-corrected chi connectivity index (χ2v) is 5.20. The van der Waals surface area contributed by atoms with Gasteiger partial charge in [0.05, 0.1) is 12.2 Å². The summed E-state index contributed by atoms with van der Waals surface area (Å²) in [4.78, 5) is 1.26. The molecule has 0 amide bonds. The number of hydrogen-bond donors (Lipinski definition) is 0. The molecule has 1 nitrogen and oxygen atoms in total. The average Bonchev–Trinajstić information content (AvgIpc) is 2.97. The van der Waals surface area contributed by atoms with Crippen molar-refractivity contribution in [1.29, 1.82) is 0 Å². The Kier molecular flexibility index (Phi) is 5.08. The molecule has 1 saturated heterocycles.